The van der Waals surface area contributed by atoms with Crippen molar-refractivity contribution in [2.45, 2.75) is 12.8 Å². The Bertz CT molecular complexity index is 851. The smallest absolute Gasteiger partial charge is 0.254 e. The van der Waals surface area contributed by atoms with E-state index in [4.69, 9.17) is 51.2 Å². The lowest BCUT2D eigenvalue weighted by Crippen LogP contribution is -2.34. The second-order valence-electron chi connectivity index (χ2n) is 5.98. The molecular formula is C19H18Cl4N2O2. The maximum atomic E-state index is 12.7. The highest BCUT2D eigenvalue weighted by Gasteiger charge is 2.21. The average molecular weight is 448 g/mol. The first kappa shape index (κ1) is 21.8. The maximum Gasteiger partial charge on any atom is 0.254 e. The van der Waals surface area contributed by atoms with Crippen molar-refractivity contribution < 1.29 is 9.63 Å². The van der Waals surface area contributed by atoms with Crippen LogP contribution in [-0.4, -0.2) is 37.2 Å². The molecule has 0 radical (unpaired) electrons. The van der Waals surface area contributed by atoms with Gasteiger partial charge in [0.2, 0.25) is 0 Å². The van der Waals surface area contributed by atoms with E-state index >= 15 is 0 Å². The molecule has 0 aliphatic heterocycles. The van der Waals surface area contributed by atoms with Crippen LogP contribution < -0.4 is 0 Å². The SMILES string of the molecule is CON=C(CN(C)C(=O)c1cc(Cl)cc(Cl)c1)C(C)c1ccc(Cl)c(Cl)c1. The predicted molar refractivity (Wildman–Crippen MR) is 113 cm³/mol. The molecule has 0 N–H and O–H groups in total. The number of halogens is 4. The van der Waals surface area contributed by atoms with Gasteiger partial charge in [-0.1, -0.05) is 64.5 Å². The third-order valence-corrected chi connectivity index (χ3v) is 5.18. The van der Waals surface area contributed by atoms with E-state index < -0.39 is 0 Å². The Morgan fingerprint density at radius 1 is 1.07 bits per heavy atom. The molecule has 144 valence electrons. The normalized spacial score (nSPS) is 12.6. The van der Waals surface area contributed by atoms with Crippen LogP contribution in [0.5, 0.6) is 0 Å². The summed E-state index contributed by atoms with van der Waals surface area (Å²) in [6.07, 6.45) is 0. The fourth-order valence-electron chi connectivity index (χ4n) is 2.55. The predicted octanol–water partition coefficient (Wildman–Crippen LogP) is 6.18. The molecule has 1 unspecified atom stereocenters. The van der Waals surface area contributed by atoms with Crippen molar-refractivity contribution >= 4 is 58.0 Å². The Hall–Kier alpha value is -1.46. The number of oxime groups is 1. The lowest BCUT2D eigenvalue weighted by atomic mass is 9.95. The number of nitrogens with zero attached hydrogens (tertiary/aromatic N) is 2. The second-order valence-corrected chi connectivity index (χ2v) is 7.67. The Morgan fingerprint density at radius 2 is 1.70 bits per heavy atom. The van der Waals surface area contributed by atoms with Gasteiger partial charge in [0.15, 0.2) is 0 Å². The molecule has 2 aromatic rings. The number of carbonyl (C=O) groups is 1. The van der Waals surface area contributed by atoms with Gasteiger partial charge in [0.05, 0.1) is 22.3 Å². The zero-order valence-electron chi connectivity index (χ0n) is 15.0. The molecule has 2 rings (SSSR count). The molecule has 8 heteroatoms. The van der Waals surface area contributed by atoms with E-state index in [-0.39, 0.29) is 18.4 Å². The highest BCUT2D eigenvalue weighted by Crippen LogP contribution is 2.27. The number of carbonyl (C=O) groups excluding carboxylic acids is 1. The van der Waals surface area contributed by atoms with Gasteiger partial charge in [-0.3, -0.25) is 4.79 Å². The summed E-state index contributed by atoms with van der Waals surface area (Å²) in [6.45, 7) is 2.20. The highest BCUT2D eigenvalue weighted by molar-refractivity contribution is 6.42. The van der Waals surface area contributed by atoms with Gasteiger partial charge in [-0.15, -0.1) is 0 Å². The Labute approximate surface area is 178 Å². The second kappa shape index (κ2) is 9.65. The van der Waals surface area contributed by atoms with E-state index in [0.29, 0.717) is 31.4 Å². The summed E-state index contributed by atoms with van der Waals surface area (Å²) in [4.78, 5) is 19.2. The van der Waals surface area contributed by atoms with Crippen molar-refractivity contribution in [3.63, 3.8) is 0 Å². The van der Waals surface area contributed by atoms with Gasteiger partial charge in [-0.2, -0.15) is 0 Å². The van der Waals surface area contributed by atoms with Crippen LogP contribution in [0.3, 0.4) is 0 Å². The minimum Gasteiger partial charge on any atom is -0.399 e. The first-order valence-electron chi connectivity index (χ1n) is 7.99. The molecular weight excluding hydrogens is 430 g/mol. The van der Waals surface area contributed by atoms with Crippen LogP contribution in [0.15, 0.2) is 41.6 Å². The zero-order valence-corrected chi connectivity index (χ0v) is 18.0. The summed E-state index contributed by atoms with van der Waals surface area (Å²) in [7, 11) is 3.13. The van der Waals surface area contributed by atoms with Gasteiger partial charge < -0.3 is 9.74 Å². The van der Waals surface area contributed by atoms with Gasteiger partial charge >= 0.3 is 0 Å². The minimum absolute atomic E-state index is 0.141. The van der Waals surface area contributed by atoms with Crippen molar-refractivity contribution in [3.05, 3.63) is 67.6 Å². The number of amides is 1. The largest absolute Gasteiger partial charge is 0.399 e. The molecule has 0 aromatic heterocycles. The quantitative estimate of drug-likeness (QED) is 0.392. The lowest BCUT2D eigenvalue weighted by molar-refractivity contribution is 0.0812. The molecule has 0 heterocycles. The highest BCUT2D eigenvalue weighted by atomic mass is 35.5. The molecule has 0 saturated heterocycles. The van der Waals surface area contributed by atoms with Crippen molar-refractivity contribution in [2.24, 2.45) is 5.16 Å². The van der Waals surface area contributed by atoms with E-state index in [1.165, 1.54) is 12.0 Å². The third-order valence-electron chi connectivity index (χ3n) is 4.01. The molecule has 0 aliphatic rings. The molecule has 0 bridgehead atoms. The molecule has 0 fully saturated rings. The number of hydrogen-bond donors (Lipinski definition) is 0. The van der Waals surface area contributed by atoms with Crippen LogP contribution >= 0.6 is 46.4 Å². The number of hydrogen-bond acceptors (Lipinski definition) is 3. The zero-order chi connectivity index (χ0) is 20.1. The topological polar surface area (TPSA) is 41.9 Å². The first-order valence-corrected chi connectivity index (χ1v) is 9.50. The minimum atomic E-state index is -0.232. The van der Waals surface area contributed by atoms with Crippen molar-refractivity contribution in [1.29, 1.82) is 0 Å². The molecule has 4 nitrogen and oxygen atoms in total. The molecule has 2 aromatic carbocycles. The van der Waals surface area contributed by atoms with E-state index in [1.54, 1.807) is 37.4 Å². The summed E-state index contributed by atoms with van der Waals surface area (Å²) < 4.78 is 0. The Morgan fingerprint density at radius 3 is 2.26 bits per heavy atom. The van der Waals surface area contributed by atoms with Gasteiger partial charge in [-0.05, 0) is 35.9 Å². The van der Waals surface area contributed by atoms with E-state index in [9.17, 15) is 4.79 Å². The summed E-state index contributed by atoms with van der Waals surface area (Å²) in [5.41, 5.74) is 1.96. The average Bonchev–Trinajstić information content (AvgIpc) is 2.61. The molecule has 0 saturated carbocycles. The van der Waals surface area contributed by atoms with Crippen molar-refractivity contribution in [3.8, 4) is 0 Å². The van der Waals surface area contributed by atoms with E-state index in [1.807, 2.05) is 13.0 Å². The molecule has 1 atom stereocenters. The van der Waals surface area contributed by atoms with Crippen LogP contribution in [0.1, 0.15) is 28.8 Å². The standard InChI is InChI=1S/C19H18Cl4N2O2/c1-11(12-4-5-16(22)17(23)8-12)18(24-27-3)10-25(2)19(26)13-6-14(20)9-15(21)7-13/h4-9,11H,10H2,1-3H3. The molecule has 0 spiro atoms. The van der Waals surface area contributed by atoms with Crippen LogP contribution in [0, 0.1) is 0 Å². The number of rotatable bonds is 6. The van der Waals surface area contributed by atoms with Crippen LogP contribution in [0.25, 0.3) is 0 Å². The monoisotopic (exact) mass is 446 g/mol. The van der Waals surface area contributed by atoms with Crippen molar-refractivity contribution in [1.82, 2.24) is 4.90 Å². The lowest BCUT2D eigenvalue weighted by Gasteiger charge is -2.22. The van der Waals surface area contributed by atoms with Crippen LogP contribution in [0.4, 0.5) is 0 Å². The van der Waals surface area contributed by atoms with E-state index in [0.717, 1.165) is 5.56 Å². The molecule has 27 heavy (non-hydrogen) atoms. The summed E-state index contributed by atoms with van der Waals surface area (Å²) in [5.74, 6) is -0.373. The Kier molecular flexibility index (Phi) is 7.80. The fourth-order valence-corrected chi connectivity index (χ4v) is 3.38. The summed E-state index contributed by atoms with van der Waals surface area (Å²) in [5, 5.41) is 5.82. The molecule has 0 aliphatic carbocycles. The van der Waals surface area contributed by atoms with Gasteiger partial charge in [-0.25, -0.2) is 0 Å². The Balaban J connectivity index is 2.22. The molecule has 1 amide bonds. The van der Waals surface area contributed by atoms with Crippen LogP contribution in [0.2, 0.25) is 20.1 Å². The van der Waals surface area contributed by atoms with Gasteiger partial charge in [0.25, 0.3) is 5.91 Å². The third kappa shape index (κ3) is 5.76. The van der Waals surface area contributed by atoms with E-state index in [2.05, 4.69) is 5.16 Å². The summed E-state index contributed by atoms with van der Waals surface area (Å²) in [6, 6.07) is 10.1. The summed E-state index contributed by atoms with van der Waals surface area (Å²) >= 11 is 24.1. The maximum absolute atomic E-state index is 12.7. The number of benzene rings is 2. The fraction of sp³-hybridized carbons (Fsp3) is 0.263. The van der Waals surface area contributed by atoms with Crippen LogP contribution in [-0.2, 0) is 4.84 Å². The van der Waals surface area contributed by atoms with Crippen molar-refractivity contribution in [2.75, 3.05) is 20.7 Å². The van der Waals surface area contributed by atoms with Gasteiger partial charge in [0.1, 0.15) is 7.11 Å². The van der Waals surface area contributed by atoms with Gasteiger partial charge in [0, 0.05) is 28.6 Å². The first-order chi connectivity index (χ1) is 12.7.